The van der Waals surface area contributed by atoms with Gasteiger partial charge in [-0.15, -0.1) is 0 Å². The molecule has 1 aliphatic rings. The molecule has 0 radical (unpaired) electrons. The Morgan fingerprint density at radius 3 is 2.30 bits per heavy atom. The minimum Gasteiger partial charge on any atom is -0.302 e. The van der Waals surface area contributed by atoms with Crippen molar-refractivity contribution < 1.29 is 0 Å². The largest absolute Gasteiger partial charge is 0.302 e. The molecule has 20 heavy (non-hydrogen) atoms. The molecule has 0 aromatic carbocycles. The molecule has 112 valence electrons. The quantitative estimate of drug-likeness (QED) is 0.491. The number of aromatic nitrogens is 1. The van der Waals surface area contributed by atoms with Crippen molar-refractivity contribution in [3.05, 3.63) is 30.1 Å². The highest BCUT2D eigenvalue weighted by molar-refractivity contribution is 5.14. The van der Waals surface area contributed by atoms with Crippen LogP contribution in [0.4, 0.5) is 0 Å². The number of hydrogen-bond acceptors (Lipinski definition) is 4. The fourth-order valence-corrected chi connectivity index (χ4v) is 3.61. The van der Waals surface area contributed by atoms with Gasteiger partial charge in [0.15, 0.2) is 0 Å². The van der Waals surface area contributed by atoms with E-state index in [-0.39, 0.29) is 11.6 Å². The number of hydrazine groups is 1. The first-order valence-electron chi connectivity index (χ1n) is 7.71. The number of nitrogens with two attached hydrogens (primary N) is 1. The highest BCUT2D eigenvalue weighted by atomic mass is 15.3. The van der Waals surface area contributed by atoms with Crippen molar-refractivity contribution >= 4 is 0 Å². The molecule has 1 unspecified atom stereocenters. The van der Waals surface area contributed by atoms with E-state index in [1.165, 1.54) is 44.1 Å². The molecule has 4 nitrogen and oxygen atoms in total. The zero-order valence-electron chi connectivity index (χ0n) is 12.8. The summed E-state index contributed by atoms with van der Waals surface area (Å²) in [6.45, 7) is 0. The Kier molecular flexibility index (Phi) is 5.52. The average molecular weight is 276 g/mol. The first-order valence-corrected chi connectivity index (χ1v) is 7.71. The number of hydrogen-bond donors (Lipinski definition) is 2. The summed E-state index contributed by atoms with van der Waals surface area (Å²) in [7, 11) is 4.39. The molecule has 1 atom stereocenters. The Bertz CT molecular complexity index is 383. The molecular formula is C16H28N4. The van der Waals surface area contributed by atoms with Crippen LogP contribution in [-0.4, -0.2) is 35.6 Å². The van der Waals surface area contributed by atoms with Crippen LogP contribution in [0.3, 0.4) is 0 Å². The lowest BCUT2D eigenvalue weighted by atomic mass is 9.79. The van der Waals surface area contributed by atoms with E-state index in [0.717, 1.165) is 6.42 Å². The third-order valence-electron chi connectivity index (χ3n) is 4.90. The van der Waals surface area contributed by atoms with Crippen molar-refractivity contribution in [3.63, 3.8) is 0 Å². The van der Waals surface area contributed by atoms with Gasteiger partial charge in [0.2, 0.25) is 0 Å². The monoisotopic (exact) mass is 276 g/mol. The smallest absolute Gasteiger partial charge is 0.0434 e. The van der Waals surface area contributed by atoms with Crippen LogP contribution in [0.1, 0.15) is 44.1 Å². The van der Waals surface area contributed by atoms with Crippen molar-refractivity contribution in [1.29, 1.82) is 0 Å². The van der Waals surface area contributed by atoms with E-state index >= 15 is 0 Å². The first kappa shape index (κ1) is 15.4. The highest BCUT2D eigenvalue weighted by Gasteiger charge is 2.40. The maximum Gasteiger partial charge on any atom is 0.0434 e. The van der Waals surface area contributed by atoms with Crippen LogP contribution in [0.5, 0.6) is 0 Å². The van der Waals surface area contributed by atoms with Crippen LogP contribution in [0.25, 0.3) is 0 Å². The maximum atomic E-state index is 5.93. The Hall–Kier alpha value is -0.970. The second-order valence-corrected chi connectivity index (χ2v) is 6.19. The first-order chi connectivity index (χ1) is 9.69. The van der Waals surface area contributed by atoms with Gasteiger partial charge in [-0.2, -0.15) is 0 Å². The summed E-state index contributed by atoms with van der Waals surface area (Å²) in [6, 6.07) is 4.45. The van der Waals surface area contributed by atoms with Crippen LogP contribution in [-0.2, 0) is 6.42 Å². The number of pyridine rings is 1. The highest BCUT2D eigenvalue weighted by Crippen LogP contribution is 2.35. The lowest BCUT2D eigenvalue weighted by Crippen LogP contribution is -2.61. The molecule has 1 fully saturated rings. The molecule has 1 heterocycles. The topological polar surface area (TPSA) is 54.2 Å². The van der Waals surface area contributed by atoms with Crippen LogP contribution in [0, 0.1) is 0 Å². The van der Waals surface area contributed by atoms with Crippen LogP contribution >= 0.6 is 0 Å². The normalized spacial score (nSPS) is 20.6. The van der Waals surface area contributed by atoms with Gasteiger partial charge in [-0.1, -0.05) is 25.7 Å². The Balaban J connectivity index is 2.20. The van der Waals surface area contributed by atoms with Gasteiger partial charge in [0.05, 0.1) is 0 Å². The minimum atomic E-state index is 0.161. The van der Waals surface area contributed by atoms with E-state index in [0.29, 0.717) is 0 Å². The van der Waals surface area contributed by atoms with Crippen molar-refractivity contribution in [2.45, 2.75) is 56.5 Å². The molecule has 4 heteroatoms. The molecule has 3 N–H and O–H groups in total. The molecule has 0 aliphatic heterocycles. The Labute approximate surface area is 122 Å². The second kappa shape index (κ2) is 7.16. The Morgan fingerprint density at radius 2 is 1.80 bits per heavy atom. The van der Waals surface area contributed by atoms with Gasteiger partial charge in [-0.3, -0.25) is 16.3 Å². The van der Waals surface area contributed by atoms with Gasteiger partial charge in [-0.25, -0.2) is 0 Å². The summed E-state index contributed by atoms with van der Waals surface area (Å²) in [4.78, 5) is 6.49. The van der Waals surface area contributed by atoms with Crippen molar-refractivity contribution in [2.24, 2.45) is 5.84 Å². The third-order valence-corrected chi connectivity index (χ3v) is 4.90. The zero-order chi connectivity index (χ0) is 14.4. The second-order valence-electron chi connectivity index (χ2n) is 6.19. The summed E-state index contributed by atoms with van der Waals surface area (Å²) in [5.41, 5.74) is 4.57. The molecule has 2 rings (SSSR count). The molecule has 0 spiro atoms. The lowest BCUT2D eigenvalue weighted by molar-refractivity contribution is 0.0801. The summed E-state index contributed by atoms with van der Waals surface area (Å²) < 4.78 is 0. The van der Waals surface area contributed by atoms with Gasteiger partial charge < -0.3 is 4.90 Å². The molecule has 1 aromatic rings. The van der Waals surface area contributed by atoms with E-state index in [1.54, 1.807) is 0 Å². The Morgan fingerprint density at radius 1 is 1.20 bits per heavy atom. The van der Waals surface area contributed by atoms with Gasteiger partial charge in [0, 0.05) is 24.0 Å². The van der Waals surface area contributed by atoms with E-state index in [2.05, 4.69) is 41.5 Å². The van der Waals surface area contributed by atoms with Crippen molar-refractivity contribution in [3.8, 4) is 0 Å². The van der Waals surface area contributed by atoms with Gasteiger partial charge in [0.1, 0.15) is 0 Å². The van der Waals surface area contributed by atoms with Crippen LogP contribution in [0.15, 0.2) is 24.5 Å². The zero-order valence-corrected chi connectivity index (χ0v) is 12.8. The standard InChI is InChI=1S/C16H28N4/c1-20(2)16(9-5-3-4-6-10-16)15(19-17)13-14-7-11-18-12-8-14/h7-8,11-12,15,19H,3-6,9-10,13,17H2,1-2H3. The number of likely N-dealkylation sites (N-methyl/N-ethyl adjacent to an activating group) is 1. The molecule has 0 saturated heterocycles. The summed E-state index contributed by atoms with van der Waals surface area (Å²) in [5.74, 6) is 5.93. The number of nitrogens with one attached hydrogen (secondary N) is 1. The van der Waals surface area contributed by atoms with E-state index < -0.39 is 0 Å². The summed E-state index contributed by atoms with van der Waals surface area (Å²) >= 11 is 0. The number of nitrogens with zero attached hydrogens (tertiary/aromatic N) is 2. The van der Waals surface area contributed by atoms with Crippen LogP contribution < -0.4 is 11.3 Å². The fourth-order valence-electron chi connectivity index (χ4n) is 3.61. The molecule has 1 saturated carbocycles. The van der Waals surface area contributed by atoms with Crippen molar-refractivity contribution in [2.75, 3.05) is 14.1 Å². The lowest BCUT2D eigenvalue weighted by Gasteiger charge is -2.45. The summed E-state index contributed by atoms with van der Waals surface area (Å²) in [6.07, 6.45) is 12.4. The fraction of sp³-hybridized carbons (Fsp3) is 0.688. The average Bonchev–Trinajstić information content (AvgIpc) is 2.72. The predicted octanol–water partition coefficient (Wildman–Crippen LogP) is 2.11. The molecule has 1 aromatic heterocycles. The molecular weight excluding hydrogens is 248 g/mol. The van der Waals surface area contributed by atoms with Gasteiger partial charge >= 0.3 is 0 Å². The third kappa shape index (κ3) is 3.37. The molecule has 1 aliphatic carbocycles. The van der Waals surface area contributed by atoms with Crippen LogP contribution in [0.2, 0.25) is 0 Å². The van der Waals surface area contributed by atoms with Gasteiger partial charge in [-0.05, 0) is 51.1 Å². The van der Waals surface area contributed by atoms with Crippen molar-refractivity contribution in [1.82, 2.24) is 15.3 Å². The molecule has 0 amide bonds. The summed E-state index contributed by atoms with van der Waals surface area (Å²) in [5, 5.41) is 0. The minimum absolute atomic E-state index is 0.161. The van der Waals surface area contributed by atoms with E-state index in [4.69, 9.17) is 5.84 Å². The number of rotatable bonds is 5. The van der Waals surface area contributed by atoms with E-state index in [9.17, 15) is 0 Å². The van der Waals surface area contributed by atoms with Gasteiger partial charge in [0.25, 0.3) is 0 Å². The maximum absolute atomic E-state index is 5.93. The van der Waals surface area contributed by atoms with E-state index in [1.807, 2.05) is 12.4 Å². The predicted molar refractivity (Wildman–Crippen MR) is 83.2 cm³/mol. The SMILES string of the molecule is CN(C)C1(C(Cc2ccncc2)NN)CCCCCC1. The molecule has 0 bridgehead atoms.